The van der Waals surface area contributed by atoms with Gasteiger partial charge in [-0.2, -0.15) is 0 Å². The molecule has 0 saturated carbocycles. The highest BCUT2D eigenvalue weighted by molar-refractivity contribution is 5.92. The molecule has 0 spiro atoms. The number of carboxylic acids is 2. The monoisotopic (exact) mass is 327 g/mol. The second kappa shape index (κ2) is 7.92. The molecule has 6 heteroatoms. The second-order valence-electron chi connectivity index (χ2n) is 5.25. The molecular weight excluding hydrogens is 310 g/mol. The van der Waals surface area contributed by atoms with Crippen molar-refractivity contribution >= 4 is 17.8 Å². The van der Waals surface area contributed by atoms with E-state index in [9.17, 15) is 14.4 Å². The number of nitrogens with one attached hydrogen (secondary N) is 1. The molecule has 0 aromatic heterocycles. The van der Waals surface area contributed by atoms with Gasteiger partial charge in [0, 0.05) is 0 Å². The summed E-state index contributed by atoms with van der Waals surface area (Å²) >= 11 is 0. The number of carboxylic acid groups (broad SMARTS) is 2. The van der Waals surface area contributed by atoms with Crippen LogP contribution in [0.2, 0.25) is 0 Å². The number of hydrogen-bond donors (Lipinski definition) is 3. The summed E-state index contributed by atoms with van der Waals surface area (Å²) in [5.74, 6) is -3.95. The summed E-state index contributed by atoms with van der Waals surface area (Å²) in [6, 6.07) is 16.3. The van der Waals surface area contributed by atoms with Crippen LogP contribution in [0, 0.1) is 0 Å². The Hall–Kier alpha value is -3.15. The lowest BCUT2D eigenvalue weighted by Gasteiger charge is -2.20. The van der Waals surface area contributed by atoms with Crippen LogP contribution in [0.1, 0.15) is 23.5 Å². The molecule has 24 heavy (non-hydrogen) atoms. The quantitative estimate of drug-likeness (QED) is 0.720. The third-order valence-corrected chi connectivity index (χ3v) is 3.52. The van der Waals surface area contributed by atoms with E-state index in [-0.39, 0.29) is 0 Å². The van der Waals surface area contributed by atoms with Crippen LogP contribution in [0.5, 0.6) is 0 Å². The Morgan fingerprint density at radius 3 is 1.67 bits per heavy atom. The molecule has 0 fully saturated rings. The van der Waals surface area contributed by atoms with Gasteiger partial charge in [0.2, 0.25) is 5.91 Å². The topological polar surface area (TPSA) is 104 Å². The highest BCUT2D eigenvalue weighted by atomic mass is 16.4. The maximum absolute atomic E-state index is 12.7. The van der Waals surface area contributed by atoms with E-state index in [1.165, 1.54) is 0 Å². The molecule has 0 bridgehead atoms. The van der Waals surface area contributed by atoms with Crippen LogP contribution in [-0.4, -0.2) is 34.1 Å². The highest BCUT2D eigenvalue weighted by Crippen LogP contribution is 2.25. The summed E-state index contributed by atoms with van der Waals surface area (Å²) < 4.78 is 0. The van der Waals surface area contributed by atoms with E-state index in [0.29, 0.717) is 11.1 Å². The molecule has 0 heterocycles. The Morgan fingerprint density at radius 2 is 1.29 bits per heavy atom. The lowest BCUT2D eigenvalue weighted by molar-refractivity contribution is -0.147. The average Bonchev–Trinajstić information content (AvgIpc) is 2.56. The van der Waals surface area contributed by atoms with Crippen molar-refractivity contribution in [3.8, 4) is 0 Å². The third-order valence-electron chi connectivity index (χ3n) is 3.52. The van der Waals surface area contributed by atoms with E-state index in [2.05, 4.69) is 5.32 Å². The lowest BCUT2D eigenvalue weighted by Crippen LogP contribution is -2.44. The first kappa shape index (κ1) is 17.2. The van der Waals surface area contributed by atoms with Crippen molar-refractivity contribution in [3.63, 3.8) is 0 Å². The van der Waals surface area contributed by atoms with Crippen LogP contribution in [0.15, 0.2) is 60.7 Å². The van der Waals surface area contributed by atoms with Crippen molar-refractivity contribution in [2.75, 3.05) is 0 Å². The first-order valence-corrected chi connectivity index (χ1v) is 7.34. The summed E-state index contributed by atoms with van der Waals surface area (Å²) in [6.07, 6.45) is -0.683. The minimum atomic E-state index is -1.48. The number of carbonyl (C=O) groups excluding carboxylic acids is 1. The minimum Gasteiger partial charge on any atom is -0.481 e. The van der Waals surface area contributed by atoms with E-state index in [1.807, 2.05) is 12.1 Å². The van der Waals surface area contributed by atoms with Gasteiger partial charge in [0.1, 0.15) is 6.04 Å². The van der Waals surface area contributed by atoms with Crippen LogP contribution >= 0.6 is 0 Å². The lowest BCUT2D eigenvalue weighted by atomic mass is 9.90. The van der Waals surface area contributed by atoms with Crippen molar-refractivity contribution in [2.24, 2.45) is 0 Å². The molecule has 3 N–H and O–H groups in total. The van der Waals surface area contributed by atoms with Gasteiger partial charge in [-0.3, -0.25) is 9.59 Å². The molecule has 2 aromatic rings. The van der Waals surface area contributed by atoms with Gasteiger partial charge in [-0.15, -0.1) is 0 Å². The normalized spacial score (nSPS) is 11.7. The Labute approximate surface area is 138 Å². The highest BCUT2D eigenvalue weighted by Gasteiger charge is 2.28. The number of hydrogen-bond acceptors (Lipinski definition) is 3. The average molecular weight is 327 g/mol. The molecule has 0 saturated heterocycles. The minimum absolute atomic E-state index is 0.555. The summed E-state index contributed by atoms with van der Waals surface area (Å²) in [5, 5.41) is 20.2. The Balaban J connectivity index is 2.32. The van der Waals surface area contributed by atoms with Crippen molar-refractivity contribution in [2.45, 2.75) is 18.4 Å². The summed E-state index contributed by atoms with van der Waals surface area (Å²) in [7, 11) is 0. The predicted molar refractivity (Wildman–Crippen MR) is 86.5 cm³/mol. The molecule has 1 atom stereocenters. The molecular formula is C18H17NO5. The van der Waals surface area contributed by atoms with Gasteiger partial charge in [0.25, 0.3) is 0 Å². The summed E-state index contributed by atoms with van der Waals surface area (Å²) in [6.45, 7) is 0. The second-order valence-corrected chi connectivity index (χ2v) is 5.25. The molecule has 0 unspecified atom stereocenters. The molecule has 0 radical (unpaired) electrons. The van der Waals surface area contributed by atoms with Crippen LogP contribution in [0.3, 0.4) is 0 Å². The zero-order valence-corrected chi connectivity index (χ0v) is 12.8. The third kappa shape index (κ3) is 4.42. The molecule has 0 aliphatic rings. The van der Waals surface area contributed by atoms with Crippen molar-refractivity contribution in [3.05, 3.63) is 71.8 Å². The van der Waals surface area contributed by atoms with Gasteiger partial charge in [0.15, 0.2) is 0 Å². The van der Waals surface area contributed by atoms with Crippen LogP contribution in [0.4, 0.5) is 0 Å². The van der Waals surface area contributed by atoms with Gasteiger partial charge < -0.3 is 15.5 Å². The van der Waals surface area contributed by atoms with Gasteiger partial charge in [-0.25, -0.2) is 4.79 Å². The van der Waals surface area contributed by atoms with E-state index >= 15 is 0 Å². The number of rotatable bonds is 7. The van der Waals surface area contributed by atoms with E-state index < -0.39 is 36.2 Å². The molecule has 6 nitrogen and oxygen atoms in total. The van der Waals surface area contributed by atoms with Crippen molar-refractivity contribution in [1.82, 2.24) is 5.32 Å². The first-order valence-electron chi connectivity index (χ1n) is 7.34. The van der Waals surface area contributed by atoms with Crippen molar-refractivity contribution in [1.29, 1.82) is 0 Å². The molecule has 1 amide bonds. The van der Waals surface area contributed by atoms with E-state index in [4.69, 9.17) is 10.2 Å². The van der Waals surface area contributed by atoms with Crippen LogP contribution in [-0.2, 0) is 14.4 Å². The zero-order chi connectivity index (χ0) is 17.5. The van der Waals surface area contributed by atoms with Crippen LogP contribution in [0.25, 0.3) is 0 Å². The fourth-order valence-corrected chi connectivity index (χ4v) is 2.42. The maximum atomic E-state index is 12.7. The number of carbonyl (C=O) groups is 3. The summed E-state index contributed by atoms with van der Waals surface area (Å²) in [4.78, 5) is 34.7. The predicted octanol–water partition coefficient (Wildman–Crippen LogP) is 1.86. The molecule has 0 aliphatic carbocycles. The fraction of sp³-hybridized carbons (Fsp3) is 0.167. The van der Waals surface area contributed by atoms with Gasteiger partial charge in [-0.05, 0) is 11.1 Å². The van der Waals surface area contributed by atoms with E-state index in [1.54, 1.807) is 48.5 Å². The largest absolute Gasteiger partial charge is 0.481 e. The Bertz CT molecular complexity index is 675. The number of amides is 1. The molecule has 2 aromatic carbocycles. The van der Waals surface area contributed by atoms with Crippen molar-refractivity contribution < 1.29 is 24.6 Å². The molecule has 0 aliphatic heterocycles. The fourth-order valence-electron chi connectivity index (χ4n) is 2.42. The Kier molecular flexibility index (Phi) is 5.68. The molecule has 2 rings (SSSR count). The number of aliphatic carboxylic acids is 2. The standard InChI is InChI=1S/C18H17NO5/c20-15(21)11-14(18(23)24)19-17(22)16(12-7-3-1-4-8-12)13-9-5-2-6-10-13/h1-10,14,16H,11H2,(H,19,22)(H,20,21)(H,23,24)/t14-/m0/s1. The SMILES string of the molecule is O=C(O)C[C@H](NC(=O)C(c1ccccc1)c1ccccc1)C(=O)O. The number of benzene rings is 2. The van der Waals surface area contributed by atoms with Crippen LogP contribution < -0.4 is 5.32 Å². The van der Waals surface area contributed by atoms with E-state index in [0.717, 1.165) is 0 Å². The maximum Gasteiger partial charge on any atom is 0.326 e. The smallest absolute Gasteiger partial charge is 0.326 e. The molecule has 124 valence electrons. The Morgan fingerprint density at radius 1 is 0.833 bits per heavy atom. The van der Waals surface area contributed by atoms with Gasteiger partial charge >= 0.3 is 11.9 Å². The summed E-state index contributed by atoms with van der Waals surface area (Å²) in [5.41, 5.74) is 1.39. The van der Waals surface area contributed by atoms with Gasteiger partial charge in [0.05, 0.1) is 12.3 Å². The zero-order valence-electron chi connectivity index (χ0n) is 12.8. The van der Waals surface area contributed by atoms with Gasteiger partial charge in [-0.1, -0.05) is 60.7 Å². The first-order chi connectivity index (χ1) is 11.5.